The van der Waals surface area contributed by atoms with E-state index < -0.39 is 12.0 Å². The van der Waals surface area contributed by atoms with Gasteiger partial charge in [-0.3, -0.25) is 4.57 Å². The number of anilines is 1. The van der Waals surface area contributed by atoms with Crippen molar-refractivity contribution in [2.75, 3.05) is 26.1 Å². The van der Waals surface area contributed by atoms with Crippen molar-refractivity contribution in [3.63, 3.8) is 0 Å². The fourth-order valence-electron chi connectivity index (χ4n) is 3.83. The van der Waals surface area contributed by atoms with Crippen LogP contribution < -0.4 is 14.8 Å². The normalized spacial score (nSPS) is 15.3. The number of fused-ring (bicyclic) bond motifs is 3. The minimum atomic E-state index is -0.593. The lowest BCUT2D eigenvalue weighted by molar-refractivity contribution is -0.138. The van der Waals surface area contributed by atoms with Gasteiger partial charge in [0, 0.05) is 5.70 Å². The second kappa shape index (κ2) is 8.06. The topological polar surface area (TPSA) is 94.8 Å². The summed E-state index contributed by atoms with van der Waals surface area (Å²) in [6, 6.07) is 10.4. The lowest BCUT2D eigenvalue weighted by Crippen LogP contribution is -2.29. The van der Waals surface area contributed by atoms with Gasteiger partial charge in [0.15, 0.2) is 11.5 Å². The molecule has 0 unspecified atom stereocenters. The quantitative estimate of drug-likeness (QED) is 0.462. The van der Waals surface area contributed by atoms with Gasteiger partial charge >= 0.3 is 5.97 Å². The Bertz CT molecular complexity index is 1190. The summed E-state index contributed by atoms with van der Waals surface area (Å²) in [4.78, 5) is 17.8. The van der Waals surface area contributed by atoms with Crippen molar-refractivity contribution in [3.8, 4) is 17.2 Å². The van der Waals surface area contributed by atoms with Crippen molar-refractivity contribution in [3.05, 3.63) is 65.9 Å². The van der Waals surface area contributed by atoms with Crippen LogP contribution in [0.4, 0.5) is 5.95 Å². The molecule has 8 nitrogen and oxygen atoms in total. The number of phenols is 1. The first-order valence-corrected chi connectivity index (χ1v) is 9.67. The zero-order chi connectivity index (χ0) is 22.1. The van der Waals surface area contributed by atoms with Gasteiger partial charge in [-0.2, -0.15) is 0 Å². The lowest BCUT2D eigenvalue weighted by Gasteiger charge is -2.30. The average Bonchev–Trinajstić information content (AvgIpc) is 3.14. The van der Waals surface area contributed by atoms with Gasteiger partial charge in [-0.15, -0.1) is 0 Å². The van der Waals surface area contributed by atoms with Gasteiger partial charge in [0.1, 0.15) is 6.61 Å². The van der Waals surface area contributed by atoms with Crippen LogP contribution in [-0.2, 0) is 9.53 Å². The van der Waals surface area contributed by atoms with Crippen LogP contribution >= 0.6 is 0 Å². The molecule has 3 aromatic rings. The maximum Gasteiger partial charge on any atom is 0.338 e. The largest absolute Gasteiger partial charge is 0.502 e. The number of rotatable bonds is 6. The summed E-state index contributed by atoms with van der Waals surface area (Å²) in [7, 11) is 2.91. The van der Waals surface area contributed by atoms with Gasteiger partial charge in [-0.1, -0.05) is 24.8 Å². The number of aromatic hydroxyl groups is 1. The van der Waals surface area contributed by atoms with Crippen LogP contribution in [0.5, 0.6) is 17.2 Å². The van der Waals surface area contributed by atoms with Gasteiger partial charge in [-0.25, -0.2) is 9.78 Å². The highest BCUT2D eigenvalue weighted by atomic mass is 16.5. The number of carbonyl (C=O) groups is 1. The number of nitrogens with zero attached hydrogens (tertiary/aromatic N) is 2. The first kappa shape index (κ1) is 20.3. The molecule has 0 spiro atoms. The van der Waals surface area contributed by atoms with Gasteiger partial charge < -0.3 is 24.6 Å². The Morgan fingerprint density at radius 1 is 1.26 bits per heavy atom. The van der Waals surface area contributed by atoms with Crippen molar-refractivity contribution in [2.24, 2.45) is 0 Å². The summed E-state index contributed by atoms with van der Waals surface area (Å²) in [5.41, 5.74) is 3.31. The summed E-state index contributed by atoms with van der Waals surface area (Å²) in [6.45, 7) is 5.50. The number of carbonyl (C=O) groups excluding carboxylic acids is 1. The number of methoxy groups -OCH3 is 2. The van der Waals surface area contributed by atoms with Crippen LogP contribution in [0.25, 0.3) is 11.0 Å². The molecule has 0 saturated carbocycles. The second-order valence-corrected chi connectivity index (χ2v) is 7.02. The smallest absolute Gasteiger partial charge is 0.338 e. The number of imidazole rings is 1. The SMILES string of the molecule is C=CCOC(=O)C1=C(C)Nc2nc3ccccc3n2[C@@H]1c1cc(OC)c(O)c(OC)c1. The zero-order valence-electron chi connectivity index (χ0n) is 17.5. The number of benzene rings is 2. The molecule has 2 heterocycles. The van der Waals surface area contributed by atoms with E-state index >= 15 is 0 Å². The van der Waals surface area contributed by atoms with Crippen LogP contribution in [-0.4, -0.2) is 41.5 Å². The molecule has 0 radical (unpaired) electrons. The first-order valence-electron chi connectivity index (χ1n) is 9.67. The number of hydrogen-bond acceptors (Lipinski definition) is 7. The molecule has 2 aromatic carbocycles. The molecule has 1 aliphatic heterocycles. The molecule has 0 aliphatic carbocycles. The van der Waals surface area contributed by atoms with E-state index in [9.17, 15) is 9.90 Å². The summed E-state index contributed by atoms with van der Waals surface area (Å²) in [5, 5.41) is 13.6. The minimum absolute atomic E-state index is 0.0854. The van der Waals surface area contributed by atoms with E-state index in [0.29, 0.717) is 22.8 Å². The maximum atomic E-state index is 13.1. The number of phenolic OH excluding ortho intramolecular Hbond substituents is 1. The molecule has 0 saturated heterocycles. The highest BCUT2D eigenvalue weighted by Crippen LogP contribution is 2.45. The molecule has 1 aromatic heterocycles. The van der Waals surface area contributed by atoms with Gasteiger partial charge in [0.2, 0.25) is 11.7 Å². The van der Waals surface area contributed by atoms with E-state index in [2.05, 4.69) is 16.9 Å². The minimum Gasteiger partial charge on any atom is -0.502 e. The Balaban J connectivity index is 1.99. The predicted octanol–water partition coefficient (Wildman–Crippen LogP) is 3.78. The van der Waals surface area contributed by atoms with Gasteiger partial charge in [-0.05, 0) is 36.8 Å². The number of aromatic nitrogens is 2. The average molecular weight is 421 g/mol. The molecule has 31 heavy (non-hydrogen) atoms. The maximum absolute atomic E-state index is 13.1. The Hall–Kier alpha value is -3.94. The Morgan fingerprint density at radius 3 is 2.58 bits per heavy atom. The summed E-state index contributed by atoms with van der Waals surface area (Å²) in [6.07, 6.45) is 1.52. The molecule has 1 aliphatic rings. The van der Waals surface area contributed by atoms with Crippen LogP contribution in [0.2, 0.25) is 0 Å². The molecule has 160 valence electrons. The summed E-state index contributed by atoms with van der Waals surface area (Å²) < 4.78 is 18.0. The fourth-order valence-corrected chi connectivity index (χ4v) is 3.83. The molecule has 2 N–H and O–H groups in total. The number of para-hydroxylation sites is 2. The number of esters is 1. The van der Waals surface area contributed by atoms with E-state index in [4.69, 9.17) is 14.2 Å². The molecule has 1 atom stereocenters. The number of allylic oxidation sites excluding steroid dienone is 1. The summed E-state index contributed by atoms with van der Waals surface area (Å²) in [5.74, 6) is 0.458. The summed E-state index contributed by atoms with van der Waals surface area (Å²) >= 11 is 0. The fraction of sp³-hybridized carbons (Fsp3) is 0.217. The molecular weight excluding hydrogens is 398 g/mol. The van der Waals surface area contributed by atoms with Crippen LogP contribution in [0.15, 0.2) is 60.3 Å². The zero-order valence-corrected chi connectivity index (χ0v) is 17.5. The molecule has 0 fully saturated rings. The third-order valence-electron chi connectivity index (χ3n) is 5.20. The predicted molar refractivity (Wildman–Crippen MR) is 117 cm³/mol. The van der Waals surface area contributed by atoms with Crippen LogP contribution in [0.3, 0.4) is 0 Å². The third kappa shape index (κ3) is 3.35. The Labute approximate surface area is 179 Å². The van der Waals surface area contributed by atoms with E-state index in [1.165, 1.54) is 20.3 Å². The van der Waals surface area contributed by atoms with Crippen LogP contribution in [0.1, 0.15) is 18.5 Å². The van der Waals surface area contributed by atoms with Crippen molar-refractivity contribution >= 4 is 23.0 Å². The van der Waals surface area contributed by atoms with Gasteiger partial charge in [0.25, 0.3) is 0 Å². The van der Waals surface area contributed by atoms with E-state index in [1.807, 2.05) is 28.8 Å². The second-order valence-electron chi connectivity index (χ2n) is 7.02. The molecule has 0 amide bonds. The van der Waals surface area contributed by atoms with Gasteiger partial charge in [0.05, 0.1) is 36.9 Å². The van der Waals surface area contributed by atoms with Crippen molar-refractivity contribution in [1.29, 1.82) is 0 Å². The molecule has 0 bridgehead atoms. The third-order valence-corrected chi connectivity index (χ3v) is 5.20. The van der Waals surface area contributed by atoms with E-state index in [0.717, 1.165) is 11.0 Å². The monoisotopic (exact) mass is 421 g/mol. The lowest BCUT2D eigenvalue weighted by atomic mass is 9.94. The van der Waals surface area contributed by atoms with E-state index in [1.54, 1.807) is 19.1 Å². The number of nitrogens with one attached hydrogen (secondary N) is 1. The molecular formula is C23H23N3O5. The van der Waals surface area contributed by atoms with Crippen molar-refractivity contribution in [1.82, 2.24) is 9.55 Å². The van der Waals surface area contributed by atoms with Crippen LogP contribution in [0, 0.1) is 0 Å². The Morgan fingerprint density at radius 2 is 1.94 bits per heavy atom. The highest BCUT2D eigenvalue weighted by molar-refractivity contribution is 5.94. The molecule has 4 rings (SSSR count). The molecule has 8 heteroatoms. The number of hydrogen-bond donors (Lipinski definition) is 2. The van der Waals surface area contributed by atoms with E-state index in [-0.39, 0.29) is 23.9 Å². The van der Waals surface area contributed by atoms with Crippen molar-refractivity contribution < 1.29 is 24.1 Å². The Kier molecular flexibility index (Phi) is 5.29. The number of ether oxygens (including phenoxy) is 3. The first-order chi connectivity index (χ1) is 15.0. The highest BCUT2D eigenvalue weighted by Gasteiger charge is 2.36. The van der Waals surface area contributed by atoms with Crippen molar-refractivity contribution in [2.45, 2.75) is 13.0 Å². The standard InChI is InChI=1S/C23H23N3O5/c1-5-10-31-22(28)19-13(2)24-23-25-15-8-6-7-9-16(15)26(23)20(19)14-11-17(29-3)21(27)18(12-14)30-4/h5-9,11-12,20,27H,1,10H2,2-4H3,(H,24,25)/t20-/m1/s1.